The number of hydrogen-bond donors (Lipinski definition) is 1. The Balaban J connectivity index is 1.77. The number of amides is 1. The highest BCUT2D eigenvalue weighted by atomic mass is 16.5. The predicted molar refractivity (Wildman–Crippen MR) is 123 cm³/mol. The van der Waals surface area contributed by atoms with E-state index in [1.807, 2.05) is 23.1 Å². The topological polar surface area (TPSA) is 75.6 Å². The summed E-state index contributed by atoms with van der Waals surface area (Å²) in [6.07, 6.45) is 2.09. The molecule has 1 aliphatic heterocycles. The van der Waals surface area contributed by atoms with Crippen LogP contribution >= 0.6 is 0 Å². The Morgan fingerprint density at radius 2 is 1.90 bits per heavy atom. The maximum Gasteiger partial charge on any atom is 0.254 e. The number of carbonyl (C=O) groups is 1. The lowest BCUT2D eigenvalue weighted by atomic mass is 9.74. The monoisotopic (exact) mass is 416 g/mol. The van der Waals surface area contributed by atoms with Crippen LogP contribution < -0.4 is 4.74 Å². The summed E-state index contributed by atoms with van der Waals surface area (Å²) < 4.78 is 5.53. The Hall–Kier alpha value is -3.09. The van der Waals surface area contributed by atoms with E-state index < -0.39 is 0 Å². The number of nitrogens with zero attached hydrogens (tertiary/aromatic N) is 3. The average molecular weight is 416 g/mol. The maximum absolute atomic E-state index is 13.2. The third kappa shape index (κ3) is 3.73. The molecule has 7 heteroatoms. The molecule has 2 aromatic carbocycles. The molecular formula is C24H27BN3O3. The van der Waals surface area contributed by atoms with Gasteiger partial charge in [-0.2, -0.15) is 0 Å². The first kappa shape index (κ1) is 21.2. The van der Waals surface area contributed by atoms with Gasteiger partial charge in [0.05, 0.1) is 12.6 Å². The summed E-state index contributed by atoms with van der Waals surface area (Å²) in [6.45, 7) is 6.91. The van der Waals surface area contributed by atoms with E-state index in [1.54, 1.807) is 25.3 Å². The zero-order chi connectivity index (χ0) is 22.1. The van der Waals surface area contributed by atoms with Crippen LogP contribution in [0.1, 0.15) is 36.2 Å². The fraction of sp³-hybridized carbons (Fsp3) is 0.375. The summed E-state index contributed by atoms with van der Waals surface area (Å²) in [5, 5.41) is 10.3. The van der Waals surface area contributed by atoms with Crippen LogP contribution in [0.3, 0.4) is 0 Å². The molecule has 0 bridgehead atoms. The first-order valence-corrected chi connectivity index (χ1v) is 10.7. The van der Waals surface area contributed by atoms with E-state index in [1.165, 1.54) is 0 Å². The molecule has 2 unspecified atom stereocenters. The summed E-state index contributed by atoms with van der Waals surface area (Å²) in [4.78, 5) is 24.4. The molecule has 0 saturated carbocycles. The molecule has 1 radical (unpaired) electrons. The molecule has 0 fully saturated rings. The van der Waals surface area contributed by atoms with Gasteiger partial charge in [0, 0.05) is 23.7 Å². The third-order valence-corrected chi connectivity index (χ3v) is 6.31. The van der Waals surface area contributed by atoms with Gasteiger partial charge < -0.3 is 14.7 Å². The van der Waals surface area contributed by atoms with Gasteiger partial charge in [-0.3, -0.25) is 4.79 Å². The van der Waals surface area contributed by atoms with Crippen LogP contribution in [0.15, 0.2) is 36.4 Å². The summed E-state index contributed by atoms with van der Waals surface area (Å²) in [6, 6.07) is 10.9. The fourth-order valence-electron chi connectivity index (χ4n) is 4.25. The van der Waals surface area contributed by atoms with Gasteiger partial charge in [0.25, 0.3) is 5.91 Å². The molecular weight excluding hydrogens is 389 g/mol. The number of methoxy groups -OCH3 is 1. The van der Waals surface area contributed by atoms with Crippen molar-refractivity contribution in [2.24, 2.45) is 5.92 Å². The van der Waals surface area contributed by atoms with Crippen LogP contribution in [0.5, 0.6) is 11.6 Å². The van der Waals surface area contributed by atoms with Crippen LogP contribution in [-0.4, -0.2) is 46.3 Å². The molecule has 0 saturated heterocycles. The van der Waals surface area contributed by atoms with Gasteiger partial charge in [-0.15, -0.1) is 0 Å². The Morgan fingerprint density at radius 3 is 2.65 bits per heavy atom. The van der Waals surface area contributed by atoms with E-state index in [-0.39, 0.29) is 17.7 Å². The van der Waals surface area contributed by atoms with Crippen LogP contribution in [-0.2, 0) is 6.54 Å². The predicted octanol–water partition coefficient (Wildman–Crippen LogP) is 4.55. The lowest BCUT2D eigenvalue weighted by Gasteiger charge is -2.29. The Bertz CT molecular complexity index is 1130. The number of benzene rings is 2. The smallest absolute Gasteiger partial charge is 0.254 e. The van der Waals surface area contributed by atoms with Gasteiger partial charge in [0.15, 0.2) is 0 Å². The number of fused-ring (bicyclic) bond motifs is 2. The lowest BCUT2D eigenvalue weighted by molar-refractivity contribution is 0.0662. The van der Waals surface area contributed by atoms with Crippen LogP contribution in [0.25, 0.3) is 22.3 Å². The summed E-state index contributed by atoms with van der Waals surface area (Å²) >= 11 is 0. The Kier molecular flexibility index (Phi) is 5.85. The Morgan fingerprint density at radius 1 is 1.16 bits per heavy atom. The van der Waals surface area contributed by atoms with Crippen LogP contribution in [0.2, 0.25) is 13.1 Å². The van der Waals surface area contributed by atoms with E-state index in [9.17, 15) is 9.90 Å². The van der Waals surface area contributed by atoms with E-state index in [4.69, 9.17) is 9.72 Å². The fourth-order valence-corrected chi connectivity index (χ4v) is 4.25. The van der Waals surface area contributed by atoms with Gasteiger partial charge in [-0.25, -0.2) is 9.97 Å². The molecule has 0 spiro atoms. The van der Waals surface area contributed by atoms with Gasteiger partial charge in [0.2, 0.25) is 5.88 Å². The van der Waals surface area contributed by atoms with Crippen LogP contribution in [0.4, 0.5) is 0 Å². The standard InChI is InChI=1S/C24H27BN3O3/c1-14(11-12-25-3)15(2)28-13-18-16(7-5-8-17(18)24(28)30)21-23(31-4)26-19-9-6-10-20(29)22(19)27-21/h5-10,14-15,29H,11-13H2,1-4H3. The minimum atomic E-state index is 0.0484. The second-order valence-corrected chi connectivity index (χ2v) is 8.19. The van der Waals surface area contributed by atoms with E-state index in [0.29, 0.717) is 40.6 Å². The van der Waals surface area contributed by atoms with Gasteiger partial charge in [-0.1, -0.05) is 44.7 Å². The second-order valence-electron chi connectivity index (χ2n) is 8.19. The molecule has 6 nitrogen and oxygen atoms in total. The molecule has 2 atom stereocenters. The van der Waals surface area contributed by atoms with Crippen molar-refractivity contribution in [3.05, 3.63) is 47.5 Å². The summed E-state index contributed by atoms with van der Waals surface area (Å²) in [5.41, 5.74) is 3.93. The molecule has 1 aliphatic rings. The van der Waals surface area contributed by atoms with E-state index >= 15 is 0 Å². The van der Waals surface area contributed by atoms with Crippen molar-refractivity contribution in [3.8, 4) is 22.9 Å². The highest BCUT2D eigenvalue weighted by Crippen LogP contribution is 2.38. The number of phenols is 1. The van der Waals surface area contributed by atoms with Crippen molar-refractivity contribution < 1.29 is 14.6 Å². The van der Waals surface area contributed by atoms with Crippen molar-refractivity contribution in [1.82, 2.24) is 14.9 Å². The SMILES string of the molecule is C[B]CCC(C)C(C)N1Cc2c(cccc2-c2nc3c(O)cccc3nc2OC)C1=O. The van der Waals surface area contributed by atoms with Crippen molar-refractivity contribution in [3.63, 3.8) is 0 Å². The van der Waals surface area contributed by atoms with Gasteiger partial charge in [0.1, 0.15) is 24.2 Å². The number of aromatic hydroxyl groups is 1. The average Bonchev–Trinajstić information content (AvgIpc) is 3.13. The minimum absolute atomic E-state index is 0.0484. The molecule has 1 amide bonds. The summed E-state index contributed by atoms with van der Waals surface area (Å²) in [5.74, 6) is 0.878. The first-order chi connectivity index (χ1) is 15.0. The van der Waals surface area contributed by atoms with Crippen molar-refractivity contribution in [2.75, 3.05) is 7.11 Å². The van der Waals surface area contributed by atoms with E-state index in [0.717, 1.165) is 23.9 Å². The molecule has 1 N–H and O–H groups in total. The summed E-state index contributed by atoms with van der Waals surface area (Å²) in [7, 11) is 3.72. The highest BCUT2D eigenvalue weighted by Gasteiger charge is 2.35. The zero-order valence-corrected chi connectivity index (χ0v) is 18.4. The highest BCUT2D eigenvalue weighted by molar-refractivity contribution is 6.33. The third-order valence-electron chi connectivity index (χ3n) is 6.31. The number of hydrogen-bond acceptors (Lipinski definition) is 5. The van der Waals surface area contributed by atoms with Crippen LogP contribution in [0, 0.1) is 5.92 Å². The number of aromatic nitrogens is 2. The van der Waals surface area contributed by atoms with Crippen molar-refractivity contribution in [2.45, 2.75) is 46.0 Å². The first-order valence-electron chi connectivity index (χ1n) is 10.7. The molecule has 4 rings (SSSR count). The normalized spacial score (nSPS) is 15.1. The minimum Gasteiger partial charge on any atom is -0.506 e. The molecule has 1 aromatic heterocycles. The molecule has 159 valence electrons. The maximum atomic E-state index is 13.2. The number of rotatable bonds is 7. The molecule has 0 aliphatic carbocycles. The molecule has 3 aromatic rings. The number of phenolic OH excluding ortho intramolecular Hbond substituents is 1. The van der Waals surface area contributed by atoms with E-state index in [2.05, 4.69) is 32.9 Å². The van der Waals surface area contributed by atoms with Crippen molar-refractivity contribution in [1.29, 1.82) is 0 Å². The zero-order valence-electron chi connectivity index (χ0n) is 18.4. The Labute approximate surface area is 183 Å². The lowest BCUT2D eigenvalue weighted by Crippen LogP contribution is -2.37. The quantitative estimate of drug-likeness (QED) is 0.572. The van der Waals surface area contributed by atoms with Gasteiger partial charge in [-0.05, 0) is 36.6 Å². The number of para-hydroxylation sites is 1. The number of ether oxygens (including phenoxy) is 1. The molecule has 2 heterocycles. The van der Waals surface area contributed by atoms with Crippen molar-refractivity contribution >= 4 is 24.2 Å². The second kappa shape index (κ2) is 8.57. The number of carbonyl (C=O) groups excluding carboxylic acids is 1. The molecule has 31 heavy (non-hydrogen) atoms. The van der Waals surface area contributed by atoms with Gasteiger partial charge >= 0.3 is 0 Å². The largest absolute Gasteiger partial charge is 0.506 e.